The van der Waals surface area contributed by atoms with E-state index in [-0.39, 0.29) is 17.5 Å². The Morgan fingerprint density at radius 1 is 1.17 bits per heavy atom. The van der Waals surface area contributed by atoms with Gasteiger partial charge in [-0.05, 0) is 41.8 Å². The number of carbonyl (C=O) groups excluding carboxylic acids is 1. The van der Waals surface area contributed by atoms with Gasteiger partial charge in [0.2, 0.25) is 5.91 Å². The van der Waals surface area contributed by atoms with Crippen LogP contribution < -0.4 is 5.32 Å². The van der Waals surface area contributed by atoms with Crippen molar-refractivity contribution < 1.29 is 9.18 Å². The quantitative estimate of drug-likeness (QED) is 0.448. The van der Waals surface area contributed by atoms with Crippen molar-refractivity contribution in [3.8, 4) is 11.4 Å². The number of hydrogen-bond donors (Lipinski definition) is 1. The van der Waals surface area contributed by atoms with E-state index in [1.807, 2.05) is 10.6 Å². The molecule has 5 nitrogen and oxygen atoms in total. The molecule has 0 aliphatic heterocycles. The van der Waals surface area contributed by atoms with Crippen molar-refractivity contribution in [3.63, 3.8) is 0 Å². The maximum absolute atomic E-state index is 13.0. The van der Waals surface area contributed by atoms with Crippen LogP contribution in [0.4, 0.5) is 4.39 Å². The van der Waals surface area contributed by atoms with Crippen molar-refractivity contribution in [2.24, 2.45) is 5.92 Å². The first-order valence-corrected chi connectivity index (χ1v) is 11.1. The Labute approximate surface area is 189 Å². The highest BCUT2D eigenvalue weighted by Gasteiger charge is 2.18. The van der Waals surface area contributed by atoms with Crippen LogP contribution in [0.3, 0.4) is 0 Å². The summed E-state index contributed by atoms with van der Waals surface area (Å²) in [6.07, 6.45) is 0. The average molecular weight is 467 g/mol. The third-order valence-electron chi connectivity index (χ3n) is 4.17. The number of amides is 1. The molecule has 0 bridgehead atoms. The van der Waals surface area contributed by atoms with Crippen molar-refractivity contribution in [1.29, 1.82) is 0 Å². The maximum Gasteiger partial charge on any atom is 0.230 e. The van der Waals surface area contributed by atoms with Gasteiger partial charge in [0.1, 0.15) is 5.82 Å². The minimum absolute atomic E-state index is 0.144. The number of nitrogens with one attached hydrogen (secondary N) is 1. The number of thioether (sulfide) groups is 1. The first-order chi connectivity index (χ1) is 14.3. The molecule has 1 aromatic heterocycles. The zero-order chi connectivity index (χ0) is 21.7. The number of carbonyl (C=O) groups is 1. The zero-order valence-electron chi connectivity index (χ0n) is 16.5. The van der Waals surface area contributed by atoms with Crippen LogP contribution in [0.2, 0.25) is 10.0 Å². The van der Waals surface area contributed by atoms with Gasteiger partial charge in [-0.1, -0.05) is 60.9 Å². The fourth-order valence-electron chi connectivity index (χ4n) is 2.78. The molecule has 0 spiro atoms. The van der Waals surface area contributed by atoms with E-state index < -0.39 is 0 Å². The molecule has 3 rings (SSSR count). The minimum Gasteiger partial charge on any atom is -0.351 e. The predicted molar refractivity (Wildman–Crippen MR) is 119 cm³/mol. The lowest BCUT2D eigenvalue weighted by molar-refractivity contribution is -0.118. The van der Waals surface area contributed by atoms with E-state index in [1.54, 1.807) is 24.3 Å². The van der Waals surface area contributed by atoms with Crippen molar-refractivity contribution in [3.05, 3.63) is 63.9 Å². The Balaban J connectivity index is 1.70. The Hall–Kier alpha value is -2.09. The molecule has 158 valence electrons. The highest BCUT2D eigenvalue weighted by Crippen LogP contribution is 2.32. The molecule has 1 heterocycles. The molecule has 1 amide bonds. The minimum atomic E-state index is -0.304. The molecule has 0 unspecified atom stereocenters. The predicted octanol–water partition coefficient (Wildman–Crippen LogP) is 5.46. The SMILES string of the molecule is CC(C)Cn1c(SCC(=O)NCc2ccc(F)cc2)nnc1-c1ccc(Cl)cc1Cl. The number of rotatable bonds is 8. The summed E-state index contributed by atoms with van der Waals surface area (Å²) in [4.78, 5) is 12.3. The first-order valence-electron chi connectivity index (χ1n) is 9.36. The number of halogens is 3. The van der Waals surface area contributed by atoms with Crippen molar-refractivity contribution in [2.45, 2.75) is 32.1 Å². The van der Waals surface area contributed by atoms with E-state index in [1.165, 1.54) is 23.9 Å². The lowest BCUT2D eigenvalue weighted by Crippen LogP contribution is -2.24. The Bertz CT molecular complexity index is 1020. The van der Waals surface area contributed by atoms with Gasteiger partial charge >= 0.3 is 0 Å². The zero-order valence-corrected chi connectivity index (χ0v) is 18.9. The van der Waals surface area contributed by atoms with Gasteiger partial charge in [-0.2, -0.15) is 0 Å². The number of aromatic nitrogens is 3. The van der Waals surface area contributed by atoms with Crippen molar-refractivity contribution in [2.75, 3.05) is 5.75 Å². The third kappa shape index (κ3) is 5.97. The van der Waals surface area contributed by atoms with E-state index in [0.29, 0.717) is 40.0 Å². The lowest BCUT2D eigenvalue weighted by atomic mass is 10.2. The molecule has 3 aromatic rings. The Morgan fingerprint density at radius 3 is 2.57 bits per heavy atom. The van der Waals surface area contributed by atoms with E-state index in [0.717, 1.165) is 11.1 Å². The molecule has 0 fully saturated rings. The van der Waals surface area contributed by atoms with Gasteiger partial charge in [-0.15, -0.1) is 10.2 Å². The van der Waals surface area contributed by atoms with Gasteiger partial charge < -0.3 is 9.88 Å². The van der Waals surface area contributed by atoms with Gasteiger partial charge in [0.15, 0.2) is 11.0 Å². The Morgan fingerprint density at radius 2 is 1.90 bits per heavy atom. The summed E-state index contributed by atoms with van der Waals surface area (Å²) in [6, 6.07) is 11.3. The molecule has 9 heteroatoms. The molecule has 0 atom stereocenters. The van der Waals surface area contributed by atoms with Crippen LogP contribution in [0.1, 0.15) is 19.4 Å². The van der Waals surface area contributed by atoms with Gasteiger partial charge in [-0.3, -0.25) is 4.79 Å². The van der Waals surface area contributed by atoms with Crippen LogP contribution in [0.15, 0.2) is 47.6 Å². The molecular weight excluding hydrogens is 446 g/mol. The molecule has 1 N–H and O–H groups in total. The van der Waals surface area contributed by atoms with E-state index in [2.05, 4.69) is 29.4 Å². The third-order valence-corrected chi connectivity index (χ3v) is 5.69. The molecule has 0 aliphatic carbocycles. The van der Waals surface area contributed by atoms with E-state index in [4.69, 9.17) is 23.2 Å². The van der Waals surface area contributed by atoms with Crippen LogP contribution in [0.25, 0.3) is 11.4 Å². The topological polar surface area (TPSA) is 59.8 Å². The maximum atomic E-state index is 13.0. The monoisotopic (exact) mass is 466 g/mol. The summed E-state index contributed by atoms with van der Waals surface area (Å²) in [5, 5.41) is 13.1. The summed E-state index contributed by atoms with van der Waals surface area (Å²) in [5.74, 6) is 0.722. The second kappa shape index (κ2) is 10.3. The van der Waals surface area contributed by atoms with Crippen molar-refractivity contribution in [1.82, 2.24) is 20.1 Å². The first kappa shape index (κ1) is 22.6. The smallest absolute Gasteiger partial charge is 0.230 e. The van der Waals surface area contributed by atoms with Crippen LogP contribution in [0, 0.1) is 11.7 Å². The lowest BCUT2D eigenvalue weighted by Gasteiger charge is -2.13. The summed E-state index contributed by atoms with van der Waals surface area (Å²) >= 11 is 13.7. The van der Waals surface area contributed by atoms with E-state index >= 15 is 0 Å². The van der Waals surface area contributed by atoms with Gasteiger partial charge in [0.25, 0.3) is 0 Å². The summed E-state index contributed by atoms with van der Waals surface area (Å²) in [5.41, 5.74) is 1.57. The summed E-state index contributed by atoms with van der Waals surface area (Å²) < 4.78 is 14.9. The number of hydrogen-bond acceptors (Lipinski definition) is 4. The fourth-order valence-corrected chi connectivity index (χ4v) is 4.05. The number of benzene rings is 2. The second-order valence-corrected chi connectivity index (χ2v) is 8.91. The van der Waals surface area contributed by atoms with Gasteiger partial charge in [0.05, 0.1) is 10.8 Å². The van der Waals surface area contributed by atoms with Crippen LogP contribution >= 0.6 is 35.0 Å². The molecule has 2 aromatic carbocycles. The van der Waals surface area contributed by atoms with E-state index in [9.17, 15) is 9.18 Å². The average Bonchev–Trinajstić information content (AvgIpc) is 3.07. The molecule has 0 radical (unpaired) electrons. The van der Waals surface area contributed by atoms with Gasteiger partial charge in [0, 0.05) is 23.7 Å². The van der Waals surface area contributed by atoms with Crippen LogP contribution in [0.5, 0.6) is 0 Å². The Kier molecular flexibility index (Phi) is 7.75. The second-order valence-electron chi connectivity index (χ2n) is 7.13. The summed E-state index contributed by atoms with van der Waals surface area (Å²) in [6.45, 7) is 5.21. The van der Waals surface area contributed by atoms with Gasteiger partial charge in [-0.25, -0.2) is 4.39 Å². The normalized spacial score (nSPS) is 11.1. The van der Waals surface area contributed by atoms with Crippen molar-refractivity contribution >= 4 is 40.9 Å². The highest BCUT2D eigenvalue weighted by molar-refractivity contribution is 7.99. The summed E-state index contributed by atoms with van der Waals surface area (Å²) in [7, 11) is 0. The number of nitrogens with zero attached hydrogens (tertiary/aromatic N) is 3. The molecule has 0 saturated carbocycles. The molecule has 0 saturated heterocycles. The molecule has 0 aliphatic rings. The fraction of sp³-hybridized carbons (Fsp3) is 0.286. The highest BCUT2D eigenvalue weighted by atomic mass is 35.5. The standard InChI is InChI=1S/C21H21Cl2FN4OS/c1-13(2)11-28-20(17-8-5-15(22)9-18(17)23)26-27-21(28)30-12-19(29)25-10-14-3-6-16(24)7-4-14/h3-9,13H,10-12H2,1-2H3,(H,25,29). The largest absolute Gasteiger partial charge is 0.351 e. The molecular formula is C21H21Cl2FN4OS. The van der Waals surface area contributed by atoms with Crippen LogP contribution in [-0.4, -0.2) is 26.4 Å². The van der Waals surface area contributed by atoms with Crippen LogP contribution in [-0.2, 0) is 17.9 Å². The molecule has 30 heavy (non-hydrogen) atoms.